The zero-order chi connectivity index (χ0) is 13.2. The van der Waals surface area contributed by atoms with E-state index >= 15 is 0 Å². The summed E-state index contributed by atoms with van der Waals surface area (Å²) in [5, 5.41) is 4.39. The highest BCUT2D eigenvalue weighted by molar-refractivity contribution is 6.28. The number of hydrogen-bond donors (Lipinski definition) is 1. The number of nitrogens with zero attached hydrogens (tertiary/aromatic N) is 2. The van der Waals surface area contributed by atoms with Crippen molar-refractivity contribution in [1.82, 2.24) is 9.97 Å². The molecular formula is C15H12ClN3. The molecule has 0 radical (unpaired) electrons. The second-order valence-electron chi connectivity index (χ2n) is 4.21. The molecule has 0 fully saturated rings. The minimum Gasteiger partial charge on any atom is -0.388 e. The van der Waals surface area contributed by atoms with E-state index in [-0.39, 0.29) is 5.28 Å². The highest BCUT2D eigenvalue weighted by Crippen LogP contribution is 2.29. The van der Waals surface area contributed by atoms with Gasteiger partial charge < -0.3 is 5.32 Å². The monoisotopic (exact) mass is 269 g/mol. The smallest absolute Gasteiger partial charge is 0.222 e. The zero-order valence-corrected chi connectivity index (χ0v) is 11.1. The fourth-order valence-corrected chi connectivity index (χ4v) is 2.24. The van der Waals surface area contributed by atoms with Gasteiger partial charge in [-0.15, -0.1) is 0 Å². The molecule has 2 aromatic carbocycles. The SMILES string of the molecule is CNc1cccc(-c2cccc3cnc(Cl)nc23)c1. The molecule has 0 aliphatic rings. The van der Waals surface area contributed by atoms with E-state index in [2.05, 4.69) is 27.4 Å². The number of rotatable bonds is 2. The van der Waals surface area contributed by atoms with Crippen LogP contribution in [0.5, 0.6) is 0 Å². The van der Waals surface area contributed by atoms with Gasteiger partial charge >= 0.3 is 0 Å². The molecule has 1 aromatic heterocycles. The first-order chi connectivity index (χ1) is 9.28. The Balaban J connectivity index is 2.26. The van der Waals surface area contributed by atoms with Gasteiger partial charge in [-0.25, -0.2) is 9.97 Å². The Hall–Kier alpha value is -2.13. The van der Waals surface area contributed by atoms with Crippen LogP contribution in [0.1, 0.15) is 0 Å². The first kappa shape index (κ1) is 11.9. The maximum atomic E-state index is 5.90. The van der Waals surface area contributed by atoms with Crippen molar-refractivity contribution < 1.29 is 0 Å². The van der Waals surface area contributed by atoms with Crippen molar-refractivity contribution in [2.24, 2.45) is 0 Å². The van der Waals surface area contributed by atoms with Crippen LogP contribution in [0, 0.1) is 0 Å². The number of benzene rings is 2. The lowest BCUT2D eigenvalue weighted by Gasteiger charge is -2.08. The lowest BCUT2D eigenvalue weighted by molar-refractivity contribution is 1.22. The molecule has 0 saturated carbocycles. The van der Waals surface area contributed by atoms with Crippen LogP contribution in [-0.2, 0) is 0 Å². The van der Waals surface area contributed by atoms with Crippen LogP contribution >= 0.6 is 11.6 Å². The molecule has 0 saturated heterocycles. The van der Waals surface area contributed by atoms with Crippen molar-refractivity contribution in [1.29, 1.82) is 0 Å². The first-order valence-electron chi connectivity index (χ1n) is 5.97. The Bertz CT molecular complexity index is 740. The van der Waals surface area contributed by atoms with E-state index in [0.717, 1.165) is 27.7 Å². The standard InChI is InChI=1S/C15H12ClN3/c1-17-12-6-2-4-10(8-12)13-7-3-5-11-9-18-15(16)19-14(11)13/h2-9,17H,1H3. The molecule has 0 aliphatic carbocycles. The van der Waals surface area contributed by atoms with Gasteiger partial charge in [-0.3, -0.25) is 0 Å². The van der Waals surface area contributed by atoms with Crippen LogP contribution in [-0.4, -0.2) is 17.0 Å². The van der Waals surface area contributed by atoms with Gasteiger partial charge in [0.05, 0.1) is 5.52 Å². The average molecular weight is 270 g/mol. The number of anilines is 1. The molecule has 3 aromatic rings. The molecule has 0 bridgehead atoms. The normalized spacial score (nSPS) is 10.6. The molecule has 0 unspecified atom stereocenters. The van der Waals surface area contributed by atoms with Gasteiger partial charge in [0.1, 0.15) is 0 Å². The van der Waals surface area contributed by atoms with E-state index in [1.165, 1.54) is 0 Å². The van der Waals surface area contributed by atoms with Gasteiger partial charge in [0.2, 0.25) is 5.28 Å². The minimum atomic E-state index is 0.268. The van der Waals surface area contributed by atoms with E-state index in [1.54, 1.807) is 6.20 Å². The lowest BCUT2D eigenvalue weighted by atomic mass is 10.0. The highest BCUT2D eigenvalue weighted by Gasteiger charge is 2.06. The van der Waals surface area contributed by atoms with Crippen molar-refractivity contribution in [2.45, 2.75) is 0 Å². The molecule has 0 atom stereocenters. The number of fused-ring (bicyclic) bond motifs is 1. The predicted molar refractivity (Wildman–Crippen MR) is 79.5 cm³/mol. The summed E-state index contributed by atoms with van der Waals surface area (Å²) in [6.07, 6.45) is 1.75. The molecule has 0 amide bonds. The molecule has 4 heteroatoms. The van der Waals surface area contributed by atoms with Gasteiger partial charge in [-0.2, -0.15) is 0 Å². The fourth-order valence-electron chi connectivity index (χ4n) is 2.11. The van der Waals surface area contributed by atoms with Gasteiger partial charge in [-0.05, 0) is 29.3 Å². The van der Waals surface area contributed by atoms with Crippen LogP contribution in [0.25, 0.3) is 22.0 Å². The first-order valence-corrected chi connectivity index (χ1v) is 6.35. The molecule has 19 heavy (non-hydrogen) atoms. The van der Waals surface area contributed by atoms with Gasteiger partial charge in [0.25, 0.3) is 0 Å². The largest absolute Gasteiger partial charge is 0.388 e. The van der Waals surface area contributed by atoms with Crippen LogP contribution in [0.4, 0.5) is 5.69 Å². The molecular weight excluding hydrogens is 258 g/mol. The Morgan fingerprint density at radius 1 is 1.11 bits per heavy atom. The predicted octanol–water partition coefficient (Wildman–Crippen LogP) is 3.99. The lowest BCUT2D eigenvalue weighted by Crippen LogP contribution is -1.90. The summed E-state index contributed by atoms with van der Waals surface area (Å²) in [6.45, 7) is 0. The van der Waals surface area contributed by atoms with Gasteiger partial charge in [0.15, 0.2) is 0 Å². The maximum Gasteiger partial charge on any atom is 0.222 e. The summed E-state index contributed by atoms with van der Waals surface area (Å²) in [4.78, 5) is 8.36. The Kier molecular flexibility index (Phi) is 3.05. The number of halogens is 1. The van der Waals surface area contributed by atoms with Crippen LogP contribution in [0.3, 0.4) is 0 Å². The summed E-state index contributed by atoms with van der Waals surface area (Å²) in [5.41, 5.74) is 4.09. The summed E-state index contributed by atoms with van der Waals surface area (Å²) in [7, 11) is 1.90. The third-order valence-corrected chi connectivity index (χ3v) is 3.23. The average Bonchev–Trinajstić information content (AvgIpc) is 2.46. The molecule has 0 spiro atoms. The summed E-state index contributed by atoms with van der Waals surface area (Å²) < 4.78 is 0. The van der Waals surface area contributed by atoms with Crippen LogP contribution in [0.15, 0.2) is 48.7 Å². The Morgan fingerprint density at radius 3 is 2.79 bits per heavy atom. The highest BCUT2D eigenvalue weighted by atomic mass is 35.5. The van der Waals surface area contributed by atoms with Crippen molar-refractivity contribution >= 4 is 28.2 Å². The van der Waals surface area contributed by atoms with E-state index < -0.39 is 0 Å². The van der Waals surface area contributed by atoms with Gasteiger partial charge in [0, 0.05) is 29.9 Å². The van der Waals surface area contributed by atoms with E-state index in [4.69, 9.17) is 11.6 Å². The summed E-state index contributed by atoms with van der Waals surface area (Å²) >= 11 is 5.90. The van der Waals surface area contributed by atoms with Crippen LogP contribution in [0.2, 0.25) is 5.28 Å². The fraction of sp³-hybridized carbons (Fsp3) is 0.0667. The zero-order valence-electron chi connectivity index (χ0n) is 10.4. The third-order valence-electron chi connectivity index (χ3n) is 3.04. The topological polar surface area (TPSA) is 37.8 Å². The van der Waals surface area contributed by atoms with E-state index in [0.29, 0.717) is 0 Å². The minimum absolute atomic E-state index is 0.268. The van der Waals surface area contributed by atoms with Crippen molar-refractivity contribution in [3.05, 3.63) is 53.9 Å². The van der Waals surface area contributed by atoms with Crippen molar-refractivity contribution in [2.75, 3.05) is 12.4 Å². The van der Waals surface area contributed by atoms with E-state index in [9.17, 15) is 0 Å². The maximum absolute atomic E-state index is 5.90. The number of aromatic nitrogens is 2. The molecule has 1 N–H and O–H groups in total. The molecule has 1 heterocycles. The second kappa shape index (κ2) is 4.86. The summed E-state index contributed by atoms with van der Waals surface area (Å²) in [6, 6.07) is 14.2. The quantitative estimate of drug-likeness (QED) is 0.715. The molecule has 3 rings (SSSR count). The van der Waals surface area contributed by atoms with Crippen LogP contribution < -0.4 is 5.32 Å². The van der Waals surface area contributed by atoms with Crippen molar-refractivity contribution in [3.8, 4) is 11.1 Å². The molecule has 3 nitrogen and oxygen atoms in total. The molecule has 94 valence electrons. The Morgan fingerprint density at radius 2 is 1.95 bits per heavy atom. The number of nitrogens with one attached hydrogen (secondary N) is 1. The van der Waals surface area contributed by atoms with E-state index in [1.807, 2.05) is 37.4 Å². The summed E-state index contributed by atoms with van der Waals surface area (Å²) in [5.74, 6) is 0. The second-order valence-corrected chi connectivity index (χ2v) is 4.55. The number of hydrogen-bond acceptors (Lipinski definition) is 3. The number of para-hydroxylation sites is 1. The Labute approximate surface area is 116 Å². The van der Waals surface area contributed by atoms with Gasteiger partial charge in [-0.1, -0.05) is 30.3 Å². The third kappa shape index (κ3) is 2.25. The van der Waals surface area contributed by atoms with Crippen molar-refractivity contribution in [3.63, 3.8) is 0 Å². The molecule has 0 aliphatic heterocycles.